The van der Waals surface area contributed by atoms with Crippen molar-refractivity contribution in [3.63, 3.8) is 0 Å². The summed E-state index contributed by atoms with van der Waals surface area (Å²) in [5.74, 6) is 0.986. The van der Waals surface area contributed by atoms with Gasteiger partial charge < -0.3 is 34.6 Å². The maximum atomic E-state index is 13.0. The Morgan fingerprint density at radius 3 is 2.97 bits per heavy atom. The third-order valence-electron chi connectivity index (χ3n) is 6.11. The van der Waals surface area contributed by atoms with Gasteiger partial charge in [-0.05, 0) is 18.2 Å². The van der Waals surface area contributed by atoms with Crippen LogP contribution < -0.4 is 20.1 Å². The van der Waals surface area contributed by atoms with Crippen molar-refractivity contribution in [2.24, 2.45) is 0 Å². The topological polar surface area (TPSA) is 107 Å². The zero-order valence-corrected chi connectivity index (χ0v) is 20.3. The first kappa shape index (κ1) is 23.5. The molecule has 2 aromatic heterocycles. The number of hydrogen-bond acceptors (Lipinski definition) is 7. The van der Waals surface area contributed by atoms with E-state index in [0.29, 0.717) is 72.1 Å². The Balaban J connectivity index is 1.58. The van der Waals surface area contributed by atoms with Crippen LogP contribution in [0.15, 0.2) is 36.7 Å². The van der Waals surface area contributed by atoms with Crippen molar-refractivity contribution in [1.29, 1.82) is 0 Å². The molecule has 0 aliphatic carbocycles. The normalized spacial score (nSPS) is 19.6. The summed E-state index contributed by atoms with van der Waals surface area (Å²) in [7, 11) is 1.56. The second-order valence-corrected chi connectivity index (χ2v) is 8.88. The summed E-state index contributed by atoms with van der Waals surface area (Å²) in [5.41, 5.74) is 4.11. The van der Waals surface area contributed by atoms with Crippen LogP contribution >= 0.6 is 11.6 Å². The molecule has 4 heterocycles. The van der Waals surface area contributed by atoms with Gasteiger partial charge in [0.15, 0.2) is 5.75 Å². The third kappa shape index (κ3) is 4.67. The smallest absolute Gasteiger partial charge is 0.255 e. The molecule has 1 fully saturated rings. The zero-order chi connectivity index (χ0) is 24.4. The quantitative estimate of drug-likeness (QED) is 0.449. The number of methoxy groups -OCH3 is 1. The predicted octanol–water partition coefficient (Wildman–Crippen LogP) is 4.12. The summed E-state index contributed by atoms with van der Waals surface area (Å²) in [6.45, 7) is 4.54. The molecular weight excluding hydrogens is 472 g/mol. The first-order valence-electron chi connectivity index (χ1n) is 11.5. The number of nitrogens with one attached hydrogen (secondary N) is 3. The summed E-state index contributed by atoms with van der Waals surface area (Å²) in [6, 6.07) is 7.28. The second kappa shape index (κ2) is 10.2. The molecule has 5 rings (SSSR count). The van der Waals surface area contributed by atoms with E-state index in [2.05, 4.69) is 27.5 Å². The summed E-state index contributed by atoms with van der Waals surface area (Å²) >= 11 is 6.36. The summed E-state index contributed by atoms with van der Waals surface area (Å²) in [4.78, 5) is 20.8. The van der Waals surface area contributed by atoms with Gasteiger partial charge in [-0.3, -0.25) is 9.78 Å². The molecule has 0 spiro atoms. The summed E-state index contributed by atoms with van der Waals surface area (Å²) in [6.07, 6.45) is 3.19. The molecule has 9 nitrogen and oxygen atoms in total. The fourth-order valence-corrected chi connectivity index (χ4v) is 4.61. The fraction of sp³-hybridized carbons (Fsp3) is 0.360. The Kier molecular flexibility index (Phi) is 6.81. The highest BCUT2D eigenvalue weighted by Gasteiger charge is 2.32. The van der Waals surface area contributed by atoms with Crippen LogP contribution in [0.5, 0.6) is 11.5 Å². The van der Waals surface area contributed by atoms with E-state index in [1.165, 1.54) is 0 Å². The van der Waals surface area contributed by atoms with Crippen LogP contribution in [0.25, 0.3) is 11.3 Å². The van der Waals surface area contributed by atoms with Gasteiger partial charge in [-0.2, -0.15) is 0 Å². The van der Waals surface area contributed by atoms with Crippen LogP contribution in [-0.2, 0) is 9.47 Å². The van der Waals surface area contributed by atoms with E-state index >= 15 is 0 Å². The molecule has 0 saturated carbocycles. The number of fused-ring (bicyclic) bond motifs is 1. The molecule has 0 bridgehead atoms. The first-order valence-corrected chi connectivity index (χ1v) is 11.8. The molecule has 2 atom stereocenters. The Morgan fingerprint density at radius 2 is 2.17 bits per heavy atom. The lowest BCUT2D eigenvalue weighted by Gasteiger charge is -2.23. The molecule has 2 aliphatic rings. The number of carbonyl (C=O) groups excluding carboxylic acids is 1. The molecule has 0 radical (unpaired) electrons. The number of para-hydroxylation sites is 1. The molecular formula is C25H27ClN4O5. The molecule has 10 heteroatoms. The van der Waals surface area contributed by atoms with Crippen LogP contribution in [0.4, 0.5) is 11.4 Å². The number of benzene rings is 1. The van der Waals surface area contributed by atoms with Crippen LogP contribution in [-0.4, -0.2) is 62.1 Å². The maximum absolute atomic E-state index is 13.0. The highest BCUT2D eigenvalue weighted by Crippen LogP contribution is 2.44. The number of aromatic nitrogens is 2. The average molecular weight is 499 g/mol. The lowest BCUT2D eigenvalue weighted by molar-refractivity contribution is -0.101. The van der Waals surface area contributed by atoms with Gasteiger partial charge in [0, 0.05) is 29.9 Å². The minimum atomic E-state index is -0.159. The van der Waals surface area contributed by atoms with Crippen molar-refractivity contribution in [3.8, 4) is 22.8 Å². The second-order valence-electron chi connectivity index (χ2n) is 8.47. The van der Waals surface area contributed by atoms with Crippen molar-refractivity contribution in [1.82, 2.24) is 15.3 Å². The lowest BCUT2D eigenvalue weighted by Crippen LogP contribution is -2.33. The largest absolute Gasteiger partial charge is 0.493 e. The van der Waals surface area contributed by atoms with Crippen LogP contribution in [0.2, 0.25) is 5.02 Å². The van der Waals surface area contributed by atoms with E-state index in [1.54, 1.807) is 25.6 Å². The van der Waals surface area contributed by atoms with Gasteiger partial charge in [-0.1, -0.05) is 24.6 Å². The number of ether oxygens (including phenoxy) is 4. The number of halogens is 1. The van der Waals surface area contributed by atoms with Crippen molar-refractivity contribution in [2.45, 2.75) is 18.9 Å². The highest BCUT2D eigenvalue weighted by molar-refractivity contribution is 6.32. The summed E-state index contributed by atoms with van der Waals surface area (Å²) < 4.78 is 22.8. The van der Waals surface area contributed by atoms with Crippen molar-refractivity contribution in [2.75, 3.05) is 45.4 Å². The fourth-order valence-electron chi connectivity index (χ4n) is 4.35. The van der Waals surface area contributed by atoms with Crippen molar-refractivity contribution >= 4 is 28.9 Å². The van der Waals surface area contributed by atoms with Gasteiger partial charge in [-0.25, -0.2) is 0 Å². The SMILES string of the molecule is COc1c(Cl)cccc1Nc1c(-c2ccncc2OC[C@H]2COCCO2)[nH]c2c1C(=O)NC[C@H]2C. The number of anilines is 2. The van der Waals surface area contributed by atoms with E-state index in [9.17, 15) is 4.79 Å². The number of rotatable bonds is 7. The number of aromatic amines is 1. The predicted molar refractivity (Wildman–Crippen MR) is 132 cm³/mol. The molecule has 1 saturated heterocycles. The lowest BCUT2D eigenvalue weighted by atomic mass is 9.98. The van der Waals surface area contributed by atoms with E-state index in [-0.39, 0.29) is 17.9 Å². The van der Waals surface area contributed by atoms with Crippen LogP contribution in [0.1, 0.15) is 28.9 Å². The van der Waals surface area contributed by atoms with Gasteiger partial charge in [0.2, 0.25) is 0 Å². The first-order chi connectivity index (χ1) is 17.1. The minimum absolute atomic E-state index is 0.0947. The van der Waals surface area contributed by atoms with Gasteiger partial charge in [0.05, 0.1) is 60.8 Å². The monoisotopic (exact) mass is 498 g/mol. The molecule has 2 aliphatic heterocycles. The van der Waals surface area contributed by atoms with Gasteiger partial charge >= 0.3 is 0 Å². The Hall–Kier alpha value is -3.27. The Morgan fingerprint density at radius 1 is 1.29 bits per heavy atom. The van der Waals surface area contributed by atoms with Crippen molar-refractivity contribution < 1.29 is 23.7 Å². The van der Waals surface area contributed by atoms with Gasteiger partial charge in [0.1, 0.15) is 18.5 Å². The van der Waals surface area contributed by atoms with Gasteiger partial charge in [-0.15, -0.1) is 0 Å². The van der Waals surface area contributed by atoms with E-state index < -0.39 is 0 Å². The maximum Gasteiger partial charge on any atom is 0.255 e. The standard InChI is InChI=1S/C25H27ClN4O5/c1-14-10-28-25(31)20-21(14)30-22(23(20)29-18-5-3-4-17(26)24(18)32-2)16-6-7-27-11-19(16)35-13-15-12-33-8-9-34-15/h3-7,11,14-15,29-30H,8-10,12-13H2,1-2H3,(H,28,31)/t14-,15-/m1/s1. The number of amides is 1. The molecule has 1 aromatic carbocycles. The van der Waals surface area contributed by atoms with Crippen molar-refractivity contribution in [3.05, 3.63) is 52.9 Å². The zero-order valence-electron chi connectivity index (χ0n) is 19.5. The Labute approximate surface area is 208 Å². The average Bonchev–Trinajstić information content (AvgIpc) is 3.26. The number of hydrogen-bond donors (Lipinski definition) is 3. The molecule has 35 heavy (non-hydrogen) atoms. The molecule has 3 aromatic rings. The van der Waals surface area contributed by atoms with E-state index in [0.717, 1.165) is 11.3 Å². The van der Waals surface area contributed by atoms with Gasteiger partial charge in [0.25, 0.3) is 5.91 Å². The summed E-state index contributed by atoms with van der Waals surface area (Å²) in [5, 5.41) is 6.83. The third-order valence-corrected chi connectivity index (χ3v) is 6.41. The highest BCUT2D eigenvalue weighted by atomic mass is 35.5. The minimum Gasteiger partial charge on any atom is -0.493 e. The molecule has 3 N–H and O–H groups in total. The number of nitrogens with zero attached hydrogens (tertiary/aromatic N) is 1. The number of H-pyrrole nitrogens is 1. The molecule has 1 amide bonds. The van der Waals surface area contributed by atoms with E-state index in [4.69, 9.17) is 30.5 Å². The number of pyridine rings is 1. The van der Waals surface area contributed by atoms with Crippen LogP contribution in [0, 0.1) is 0 Å². The van der Waals surface area contributed by atoms with Crippen LogP contribution in [0.3, 0.4) is 0 Å². The van der Waals surface area contributed by atoms with E-state index in [1.807, 2.05) is 18.2 Å². The number of carbonyl (C=O) groups is 1. The molecule has 184 valence electrons. The Bertz CT molecular complexity index is 1220. The molecule has 0 unspecified atom stereocenters.